The molecule has 262 valence electrons. The van der Waals surface area contributed by atoms with E-state index in [2.05, 4.69) is 19.0 Å². The van der Waals surface area contributed by atoms with E-state index in [0.717, 1.165) is 38.5 Å². The van der Waals surface area contributed by atoms with Crippen LogP contribution < -0.4 is 0 Å². The number of carbonyl (C=O) groups excluding carboxylic acids is 2. The van der Waals surface area contributed by atoms with Crippen molar-refractivity contribution in [3.8, 4) is 0 Å². The van der Waals surface area contributed by atoms with Gasteiger partial charge in [0.15, 0.2) is 6.10 Å². The third-order valence-corrected chi connectivity index (χ3v) is 8.88. The fourth-order valence-electron chi connectivity index (χ4n) is 5.90. The first-order valence-corrected chi connectivity index (χ1v) is 19.6. The summed E-state index contributed by atoms with van der Waals surface area (Å²) in [5.74, 6) is -0.566. The number of rotatable bonds is 37. The van der Waals surface area contributed by atoms with E-state index in [1.165, 1.54) is 154 Å². The molecule has 0 rings (SSSR count). The van der Waals surface area contributed by atoms with Gasteiger partial charge >= 0.3 is 11.9 Å². The molecule has 0 aliphatic rings. The van der Waals surface area contributed by atoms with Crippen LogP contribution in [0.5, 0.6) is 0 Å². The van der Waals surface area contributed by atoms with Gasteiger partial charge in [-0.1, -0.05) is 194 Å². The van der Waals surface area contributed by atoms with Gasteiger partial charge < -0.3 is 14.6 Å². The Morgan fingerprint density at radius 1 is 0.477 bits per heavy atom. The summed E-state index contributed by atoms with van der Waals surface area (Å²) in [5.41, 5.74) is 0. The summed E-state index contributed by atoms with van der Waals surface area (Å²) in [6.45, 7) is 4.41. The summed E-state index contributed by atoms with van der Waals surface area (Å²) in [6, 6.07) is 0. The number of carbonyl (C=O) groups is 2. The van der Waals surface area contributed by atoms with Crippen LogP contribution in [0.1, 0.15) is 219 Å². The van der Waals surface area contributed by atoms with E-state index >= 15 is 0 Å². The highest BCUT2D eigenvalue weighted by atomic mass is 16.6. The lowest BCUT2D eigenvalue weighted by atomic mass is 10.0. The zero-order valence-electron chi connectivity index (χ0n) is 30.7. The lowest BCUT2D eigenvalue weighted by molar-refractivity contribution is -0.161. The predicted octanol–water partition coefficient (Wildman–Crippen LogP) is 12.0. The zero-order valence-corrected chi connectivity index (χ0v) is 29.7. The lowest BCUT2D eigenvalue weighted by Gasteiger charge is -2.15. The molecule has 0 aromatic carbocycles. The van der Waals surface area contributed by atoms with Crippen LogP contribution in [0.3, 0.4) is 0 Å². The quantitative estimate of drug-likeness (QED) is 0.0549. The Labute approximate surface area is 275 Å². The molecule has 0 radical (unpaired) electrons. The standard InChI is InChI=1S/C39H76O5/c1-3-5-7-9-11-13-15-17-19-21-23-25-27-29-31-33-38(41)43-36-37(35-40)44-39(42)34-32-30-28-26-24-22-20-18-16-14-12-10-8-6-4-2/h37,40H,3-36H2,1-2H3/t37-/m0/s1/i40D. The second-order valence-corrected chi connectivity index (χ2v) is 13.4. The van der Waals surface area contributed by atoms with Crippen LogP contribution in [-0.4, -0.2) is 37.8 Å². The zero-order chi connectivity index (χ0) is 32.9. The lowest BCUT2D eigenvalue weighted by Crippen LogP contribution is -2.28. The average molecular weight is 626 g/mol. The van der Waals surface area contributed by atoms with Crippen molar-refractivity contribution in [2.24, 2.45) is 0 Å². The fourth-order valence-corrected chi connectivity index (χ4v) is 5.90. The summed E-state index contributed by atoms with van der Waals surface area (Å²) in [4.78, 5) is 24.4. The van der Waals surface area contributed by atoms with Gasteiger partial charge in [-0.05, 0) is 12.8 Å². The normalized spacial score (nSPS) is 12.3. The SMILES string of the molecule is [2H]OC[C@@H](COC(=O)CCCCCCCCCCCCCCCCC)OC(=O)CCCCCCCCCCCCCCCCC. The van der Waals surface area contributed by atoms with Crippen molar-refractivity contribution in [2.75, 3.05) is 13.2 Å². The fraction of sp³-hybridized carbons (Fsp3) is 0.949. The molecule has 1 N–H and O–H groups in total. The van der Waals surface area contributed by atoms with Crippen LogP contribution in [0, 0.1) is 0 Å². The van der Waals surface area contributed by atoms with E-state index in [1.807, 2.05) is 0 Å². The van der Waals surface area contributed by atoms with E-state index in [4.69, 9.17) is 10.9 Å². The van der Waals surface area contributed by atoms with E-state index in [0.29, 0.717) is 12.8 Å². The molecule has 0 aromatic heterocycles. The minimum atomic E-state index is -0.712. The monoisotopic (exact) mass is 626 g/mol. The molecule has 0 heterocycles. The van der Waals surface area contributed by atoms with Crippen LogP contribution >= 0.6 is 0 Å². The third-order valence-electron chi connectivity index (χ3n) is 8.88. The van der Waals surface area contributed by atoms with Gasteiger partial charge in [-0.2, -0.15) is 0 Å². The Balaban J connectivity index is 3.59. The van der Waals surface area contributed by atoms with E-state index in [-0.39, 0.29) is 25.2 Å². The van der Waals surface area contributed by atoms with E-state index < -0.39 is 6.10 Å². The number of aliphatic hydroxyl groups excluding tert-OH is 1. The summed E-state index contributed by atoms with van der Waals surface area (Å²) in [5, 5.41) is 4.44. The van der Waals surface area contributed by atoms with Gasteiger partial charge in [0.2, 0.25) is 1.43 Å². The second-order valence-electron chi connectivity index (χ2n) is 13.4. The molecule has 5 nitrogen and oxygen atoms in total. The molecule has 0 aliphatic carbocycles. The third kappa shape index (κ3) is 33.8. The number of hydrogen-bond donors (Lipinski definition) is 1. The van der Waals surface area contributed by atoms with Crippen molar-refractivity contribution >= 4 is 11.9 Å². The molecule has 0 unspecified atom stereocenters. The van der Waals surface area contributed by atoms with Crippen LogP contribution in [0.25, 0.3) is 0 Å². The van der Waals surface area contributed by atoms with Crippen molar-refractivity contribution < 1.29 is 24.2 Å². The van der Waals surface area contributed by atoms with Crippen molar-refractivity contribution in [2.45, 2.75) is 225 Å². The van der Waals surface area contributed by atoms with Gasteiger partial charge in [-0.15, -0.1) is 0 Å². The Hall–Kier alpha value is -1.10. The number of unbranched alkanes of at least 4 members (excludes halogenated alkanes) is 28. The van der Waals surface area contributed by atoms with Crippen LogP contribution in [0.2, 0.25) is 0 Å². The molecule has 0 saturated heterocycles. The first-order chi connectivity index (χ1) is 22.1. The maximum absolute atomic E-state index is 12.3. The van der Waals surface area contributed by atoms with Crippen molar-refractivity contribution in [3.63, 3.8) is 0 Å². The van der Waals surface area contributed by atoms with Crippen LogP contribution in [0.4, 0.5) is 0 Å². The minimum Gasteiger partial charge on any atom is -0.462 e. The highest BCUT2D eigenvalue weighted by Crippen LogP contribution is 2.15. The van der Waals surface area contributed by atoms with Gasteiger partial charge in [0.25, 0.3) is 0 Å². The van der Waals surface area contributed by atoms with Crippen LogP contribution in [-0.2, 0) is 19.1 Å². The maximum Gasteiger partial charge on any atom is 0.306 e. The molecular formula is C39H76O5. The molecule has 0 bridgehead atoms. The van der Waals surface area contributed by atoms with Gasteiger partial charge in [-0.3, -0.25) is 9.59 Å². The highest BCUT2D eigenvalue weighted by molar-refractivity contribution is 5.70. The summed E-state index contributed by atoms with van der Waals surface area (Å²) < 4.78 is 17.8. The molecule has 0 fully saturated rings. The molecule has 1 atom stereocenters. The first kappa shape index (κ1) is 40.9. The Morgan fingerprint density at radius 3 is 1.09 bits per heavy atom. The second kappa shape index (κ2) is 36.4. The first-order valence-electron chi connectivity index (χ1n) is 20.0. The molecular weight excluding hydrogens is 548 g/mol. The topological polar surface area (TPSA) is 72.8 Å². The summed E-state index contributed by atoms with van der Waals surface area (Å²) >= 11 is 0. The Bertz CT molecular complexity index is 614. The number of ether oxygens (including phenoxy) is 2. The smallest absolute Gasteiger partial charge is 0.306 e. The predicted molar refractivity (Wildman–Crippen MR) is 187 cm³/mol. The van der Waals surface area contributed by atoms with Gasteiger partial charge in [0.05, 0.1) is 6.61 Å². The van der Waals surface area contributed by atoms with Crippen molar-refractivity contribution in [1.29, 1.82) is 1.43 Å². The van der Waals surface area contributed by atoms with Crippen molar-refractivity contribution in [1.82, 2.24) is 0 Å². The van der Waals surface area contributed by atoms with Crippen LogP contribution in [0.15, 0.2) is 0 Å². The number of esters is 2. The van der Waals surface area contributed by atoms with E-state index in [1.54, 1.807) is 0 Å². The highest BCUT2D eigenvalue weighted by Gasteiger charge is 2.16. The Morgan fingerprint density at radius 2 is 0.773 bits per heavy atom. The van der Waals surface area contributed by atoms with E-state index in [9.17, 15) is 9.59 Å². The Kier molecular flexibility index (Phi) is 33.8. The molecule has 0 aromatic rings. The summed E-state index contributed by atoms with van der Waals surface area (Å²) in [6.07, 6.45) is 38.7. The molecule has 0 spiro atoms. The summed E-state index contributed by atoms with van der Waals surface area (Å²) in [7, 11) is 0. The molecule has 0 aliphatic heterocycles. The van der Waals surface area contributed by atoms with Gasteiger partial charge in [-0.25, -0.2) is 0 Å². The number of aliphatic hydroxyl groups is 1. The van der Waals surface area contributed by atoms with Crippen molar-refractivity contribution in [3.05, 3.63) is 0 Å². The average Bonchev–Trinajstić information content (AvgIpc) is 3.03. The minimum absolute atomic E-state index is 0.0406. The van der Waals surface area contributed by atoms with Gasteiger partial charge in [0.1, 0.15) is 6.61 Å². The number of hydrogen-bond acceptors (Lipinski definition) is 5. The molecule has 0 amide bonds. The van der Waals surface area contributed by atoms with Gasteiger partial charge in [0, 0.05) is 12.8 Å². The largest absolute Gasteiger partial charge is 0.462 e. The maximum atomic E-state index is 12.3. The molecule has 44 heavy (non-hydrogen) atoms. The molecule has 0 saturated carbocycles. The molecule has 5 heteroatoms.